The molecule has 0 saturated carbocycles. The average molecular weight is 238 g/mol. The summed E-state index contributed by atoms with van der Waals surface area (Å²) in [5.41, 5.74) is 0.111. The molecule has 0 saturated heterocycles. The first-order chi connectivity index (χ1) is 7.99. The fourth-order valence-corrected chi connectivity index (χ4v) is 1.16. The van der Waals surface area contributed by atoms with Crippen molar-refractivity contribution in [1.82, 2.24) is 0 Å². The summed E-state index contributed by atoms with van der Waals surface area (Å²) in [6.07, 6.45) is -0.198. The highest BCUT2D eigenvalue weighted by molar-refractivity contribution is 5.88. The molecule has 0 heterocycles. The molecule has 0 radical (unpaired) electrons. The van der Waals surface area contributed by atoms with Crippen LogP contribution in [0, 0.1) is 0 Å². The zero-order valence-corrected chi connectivity index (χ0v) is 9.67. The van der Waals surface area contributed by atoms with Gasteiger partial charge >= 0.3 is 11.9 Å². The molecule has 5 nitrogen and oxygen atoms in total. The Morgan fingerprint density at radius 3 is 2.65 bits per heavy atom. The Balaban J connectivity index is 2.54. The second kappa shape index (κ2) is 5.89. The van der Waals surface area contributed by atoms with Crippen molar-refractivity contribution in [2.45, 2.75) is 20.0 Å². The van der Waals surface area contributed by atoms with E-state index >= 15 is 0 Å². The van der Waals surface area contributed by atoms with Crippen molar-refractivity contribution in [1.29, 1.82) is 0 Å². The molecule has 0 atom stereocenters. The molecule has 0 amide bonds. The number of ether oxygens (including phenoxy) is 2. The molecule has 1 aromatic rings. The van der Waals surface area contributed by atoms with E-state index in [1.54, 1.807) is 26.0 Å². The van der Waals surface area contributed by atoms with E-state index in [4.69, 9.17) is 14.6 Å². The third-order valence-electron chi connectivity index (χ3n) is 1.80. The molecule has 17 heavy (non-hydrogen) atoms. The monoisotopic (exact) mass is 238 g/mol. The largest absolute Gasteiger partial charge is 0.482 e. The molecule has 0 aliphatic rings. The maximum Gasteiger partial charge on any atom is 0.344 e. The number of carbonyl (C=O) groups is 2. The summed E-state index contributed by atoms with van der Waals surface area (Å²) < 4.78 is 9.99. The zero-order valence-electron chi connectivity index (χ0n) is 9.67. The first kappa shape index (κ1) is 13.0. The number of hydrogen-bond acceptors (Lipinski definition) is 4. The first-order valence-electron chi connectivity index (χ1n) is 5.14. The molecular weight excluding hydrogens is 224 g/mol. The molecular formula is C12H14O5. The molecule has 0 aromatic heterocycles. The third kappa shape index (κ3) is 4.55. The number of esters is 1. The molecule has 5 heteroatoms. The Morgan fingerprint density at radius 1 is 1.35 bits per heavy atom. The van der Waals surface area contributed by atoms with Crippen LogP contribution < -0.4 is 4.74 Å². The predicted octanol–water partition coefficient (Wildman–Crippen LogP) is 1.72. The van der Waals surface area contributed by atoms with E-state index in [1.807, 2.05) is 0 Å². The average Bonchev–Trinajstić information content (AvgIpc) is 2.26. The lowest BCUT2D eigenvalue weighted by molar-refractivity contribution is -0.149. The first-order valence-corrected chi connectivity index (χ1v) is 5.14. The molecule has 0 unspecified atom stereocenters. The van der Waals surface area contributed by atoms with Gasteiger partial charge in [-0.05, 0) is 32.0 Å². The van der Waals surface area contributed by atoms with Crippen LogP contribution in [-0.2, 0) is 9.53 Å². The molecule has 0 aliphatic heterocycles. The number of rotatable bonds is 5. The molecule has 1 aromatic carbocycles. The number of carbonyl (C=O) groups excluding carboxylic acids is 1. The molecule has 0 aliphatic carbocycles. The van der Waals surface area contributed by atoms with Crippen molar-refractivity contribution >= 4 is 11.9 Å². The summed E-state index contributed by atoms with van der Waals surface area (Å²) in [6, 6.07) is 5.92. The van der Waals surface area contributed by atoms with Crippen LogP contribution >= 0.6 is 0 Å². The van der Waals surface area contributed by atoms with Crippen molar-refractivity contribution < 1.29 is 24.2 Å². The summed E-state index contributed by atoms with van der Waals surface area (Å²) in [7, 11) is 0. The van der Waals surface area contributed by atoms with Gasteiger partial charge in [-0.2, -0.15) is 0 Å². The molecule has 1 N–H and O–H groups in total. The van der Waals surface area contributed by atoms with Crippen molar-refractivity contribution in [2.24, 2.45) is 0 Å². The van der Waals surface area contributed by atoms with E-state index in [0.717, 1.165) is 0 Å². The number of carboxylic acids is 1. The summed E-state index contributed by atoms with van der Waals surface area (Å²) in [5, 5.41) is 8.76. The Hall–Kier alpha value is -2.04. The summed E-state index contributed by atoms with van der Waals surface area (Å²) >= 11 is 0. The summed E-state index contributed by atoms with van der Waals surface area (Å²) in [6.45, 7) is 3.24. The van der Waals surface area contributed by atoms with Gasteiger partial charge in [0.05, 0.1) is 11.7 Å². The van der Waals surface area contributed by atoms with Gasteiger partial charge in [0.15, 0.2) is 6.61 Å². The van der Waals surface area contributed by atoms with E-state index in [1.165, 1.54) is 12.1 Å². The van der Waals surface area contributed by atoms with Crippen LogP contribution in [0.1, 0.15) is 24.2 Å². The van der Waals surface area contributed by atoms with Crippen LogP contribution in [0.5, 0.6) is 5.75 Å². The Labute approximate surface area is 99.0 Å². The van der Waals surface area contributed by atoms with Gasteiger partial charge in [-0.15, -0.1) is 0 Å². The van der Waals surface area contributed by atoms with Gasteiger partial charge in [-0.1, -0.05) is 6.07 Å². The lowest BCUT2D eigenvalue weighted by Gasteiger charge is -2.09. The lowest BCUT2D eigenvalue weighted by Crippen LogP contribution is -2.18. The van der Waals surface area contributed by atoms with E-state index in [0.29, 0.717) is 5.75 Å². The van der Waals surface area contributed by atoms with E-state index in [-0.39, 0.29) is 18.3 Å². The Bertz CT molecular complexity index is 411. The number of carboxylic acid groups (broad SMARTS) is 1. The van der Waals surface area contributed by atoms with Crippen molar-refractivity contribution in [3.05, 3.63) is 29.8 Å². The molecule has 0 fully saturated rings. The third-order valence-corrected chi connectivity index (χ3v) is 1.80. The van der Waals surface area contributed by atoms with Crippen LogP contribution in [0.15, 0.2) is 24.3 Å². The minimum absolute atomic E-state index is 0.111. The number of hydrogen-bond donors (Lipinski definition) is 1. The lowest BCUT2D eigenvalue weighted by atomic mass is 10.2. The number of aromatic carboxylic acids is 1. The maximum atomic E-state index is 11.2. The highest BCUT2D eigenvalue weighted by Crippen LogP contribution is 2.13. The van der Waals surface area contributed by atoms with Gasteiger partial charge in [0.1, 0.15) is 5.75 Å². The maximum absolute atomic E-state index is 11.2. The smallest absolute Gasteiger partial charge is 0.344 e. The second-order valence-electron chi connectivity index (χ2n) is 3.66. The van der Waals surface area contributed by atoms with Gasteiger partial charge in [-0.3, -0.25) is 0 Å². The van der Waals surface area contributed by atoms with Crippen LogP contribution in [0.3, 0.4) is 0 Å². The molecule has 92 valence electrons. The Morgan fingerprint density at radius 2 is 2.06 bits per heavy atom. The van der Waals surface area contributed by atoms with Gasteiger partial charge in [-0.25, -0.2) is 9.59 Å². The summed E-state index contributed by atoms with van der Waals surface area (Å²) in [5.74, 6) is -1.20. The van der Waals surface area contributed by atoms with Gasteiger partial charge in [0.25, 0.3) is 0 Å². The number of benzene rings is 1. The fourth-order valence-electron chi connectivity index (χ4n) is 1.16. The van der Waals surface area contributed by atoms with E-state index in [9.17, 15) is 9.59 Å². The van der Waals surface area contributed by atoms with Crippen LogP contribution in [0.25, 0.3) is 0 Å². The zero-order chi connectivity index (χ0) is 12.8. The van der Waals surface area contributed by atoms with Crippen molar-refractivity contribution in [3.8, 4) is 5.75 Å². The SMILES string of the molecule is CC(C)OC(=O)COc1cccc(C(=O)O)c1. The topological polar surface area (TPSA) is 72.8 Å². The van der Waals surface area contributed by atoms with Gasteiger partial charge in [0.2, 0.25) is 0 Å². The van der Waals surface area contributed by atoms with Crippen molar-refractivity contribution in [2.75, 3.05) is 6.61 Å². The van der Waals surface area contributed by atoms with Crippen LogP contribution in [-0.4, -0.2) is 29.8 Å². The van der Waals surface area contributed by atoms with E-state index in [2.05, 4.69) is 0 Å². The highest BCUT2D eigenvalue weighted by Gasteiger charge is 2.08. The van der Waals surface area contributed by atoms with E-state index < -0.39 is 11.9 Å². The minimum atomic E-state index is -1.04. The van der Waals surface area contributed by atoms with Gasteiger partial charge < -0.3 is 14.6 Å². The van der Waals surface area contributed by atoms with Crippen molar-refractivity contribution in [3.63, 3.8) is 0 Å². The normalized spacial score (nSPS) is 10.1. The van der Waals surface area contributed by atoms with Crippen LogP contribution in [0.4, 0.5) is 0 Å². The quantitative estimate of drug-likeness (QED) is 0.790. The highest BCUT2D eigenvalue weighted by atomic mass is 16.6. The standard InChI is InChI=1S/C12H14O5/c1-8(2)17-11(13)7-16-10-5-3-4-9(6-10)12(14)15/h3-6,8H,7H2,1-2H3,(H,14,15). The second-order valence-corrected chi connectivity index (χ2v) is 3.66. The fraction of sp³-hybridized carbons (Fsp3) is 0.333. The predicted molar refractivity (Wildman–Crippen MR) is 60.1 cm³/mol. The van der Waals surface area contributed by atoms with Gasteiger partial charge in [0, 0.05) is 0 Å². The summed E-state index contributed by atoms with van der Waals surface area (Å²) in [4.78, 5) is 21.9. The Kier molecular flexibility index (Phi) is 4.51. The molecule has 0 bridgehead atoms. The molecule has 0 spiro atoms. The minimum Gasteiger partial charge on any atom is -0.482 e. The molecule has 1 rings (SSSR count). The van der Waals surface area contributed by atoms with Crippen LogP contribution in [0.2, 0.25) is 0 Å².